The van der Waals surface area contributed by atoms with Crippen molar-refractivity contribution < 1.29 is 9.94 Å². The molecule has 1 N–H and O–H groups in total. The Labute approximate surface area is 105 Å². The summed E-state index contributed by atoms with van der Waals surface area (Å²) in [4.78, 5) is 5.85. The van der Waals surface area contributed by atoms with Crippen LogP contribution >= 0.6 is 0 Å². The molecule has 0 heterocycles. The van der Waals surface area contributed by atoms with E-state index in [4.69, 9.17) is 9.94 Å². The first kappa shape index (κ1) is 13.3. The van der Waals surface area contributed by atoms with E-state index >= 15 is 0 Å². The largest absolute Gasteiger partial charge is 0.394 e. The van der Waals surface area contributed by atoms with Crippen LogP contribution in [0, 0.1) is 0 Å². The first-order chi connectivity index (χ1) is 8.42. The number of rotatable bonds is 5. The summed E-state index contributed by atoms with van der Waals surface area (Å²) < 4.78 is 0. The Kier molecular flexibility index (Phi) is 5.75. The third-order valence-electron chi connectivity index (χ3n) is 4.20. The number of aliphatic hydroxyl groups excluding tert-OH is 1. The maximum absolute atomic E-state index is 8.96. The minimum Gasteiger partial charge on any atom is -0.394 e. The van der Waals surface area contributed by atoms with Crippen LogP contribution in [-0.4, -0.2) is 35.5 Å². The lowest BCUT2D eigenvalue weighted by Crippen LogP contribution is -2.45. The van der Waals surface area contributed by atoms with Crippen LogP contribution < -0.4 is 0 Å². The van der Waals surface area contributed by atoms with E-state index in [0.29, 0.717) is 18.7 Å². The van der Waals surface area contributed by atoms with Gasteiger partial charge in [0.25, 0.3) is 0 Å². The molecule has 0 aromatic rings. The average molecular weight is 241 g/mol. The zero-order chi connectivity index (χ0) is 11.9. The van der Waals surface area contributed by atoms with E-state index in [-0.39, 0.29) is 6.61 Å². The summed E-state index contributed by atoms with van der Waals surface area (Å²) in [6.45, 7) is 0.600. The highest BCUT2D eigenvalue weighted by atomic mass is 16.7. The second-order valence-electron chi connectivity index (χ2n) is 5.50. The molecule has 0 bridgehead atoms. The summed E-state index contributed by atoms with van der Waals surface area (Å²) in [5, 5.41) is 11.2. The summed E-state index contributed by atoms with van der Waals surface area (Å²) in [6.07, 6.45) is 13.3. The highest BCUT2D eigenvalue weighted by Crippen LogP contribution is 2.30. The lowest BCUT2D eigenvalue weighted by Gasteiger charge is -2.40. The van der Waals surface area contributed by atoms with Gasteiger partial charge >= 0.3 is 0 Å². The predicted molar refractivity (Wildman–Crippen MR) is 68.6 cm³/mol. The van der Waals surface area contributed by atoms with Gasteiger partial charge in [-0.15, -0.1) is 0 Å². The molecule has 17 heavy (non-hydrogen) atoms. The molecule has 0 aliphatic heterocycles. The van der Waals surface area contributed by atoms with Gasteiger partial charge in [-0.05, 0) is 25.7 Å². The number of hydrogen-bond acceptors (Lipinski definition) is 3. The number of hydroxylamine groups is 2. The molecule has 0 unspecified atom stereocenters. The molecule has 2 aliphatic rings. The second kappa shape index (κ2) is 7.34. The van der Waals surface area contributed by atoms with E-state index in [1.807, 2.05) is 0 Å². The van der Waals surface area contributed by atoms with Crippen LogP contribution in [-0.2, 0) is 4.84 Å². The van der Waals surface area contributed by atoms with Gasteiger partial charge in [-0.1, -0.05) is 38.5 Å². The van der Waals surface area contributed by atoms with Gasteiger partial charge in [0.15, 0.2) is 0 Å². The molecule has 100 valence electrons. The maximum Gasteiger partial charge on any atom is 0.0916 e. The molecular weight excluding hydrogens is 214 g/mol. The summed E-state index contributed by atoms with van der Waals surface area (Å²) in [5.41, 5.74) is 0. The first-order valence-electron chi connectivity index (χ1n) is 7.44. The molecule has 0 spiro atoms. The molecule has 0 aromatic carbocycles. The minimum absolute atomic E-state index is 0.135. The molecular formula is C14H27NO2. The van der Waals surface area contributed by atoms with Gasteiger partial charge < -0.3 is 5.11 Å². The van der Waals surface area contributed by atoms with Gasteiger partial charge in [0.2, 0.25) is 0 Å². The van der Waals surface area contributed by atoms with E-state index < -0.39 is 0 Å². The van der Waals surface area contributed by atoms with E-state index in [1.165, 1.54) is 64.2 Å². The molecule has 2 fully saturated rings. The van der Waals surface area contributed by atoms with Gasteiger partial charge in [0.1, 0.15) is 0 Å². The van der Waals surface area contributed by atoms with Crippen molar-refractivity contribution in [2.75, 3.05) is 13.2 Å². The van der Waals surface area contributed by atoms with E-state index in [0.717, 1.165) is 0 Å². The summed E-state index contributed by atoms with van der Waals surface area (Å²) in [7, 11) is 0. The third kappa shape index (κ3) is 3.94. The molecule has 3 nitrogen and oxygen atoms in total. The topological polar surface area (TPSA) is 32.7 Å². The average Bonchev–Trinajstić information content (AvgIpc) is 2.42. The van der Waals surface area contributed by atoms with Crippen molar-refractivity contribution >= 4 is 0 Å². The van der Waals surface area contributed by atoms with Gasteiger partial charge in [-0.2, -0.15) is 5.06 Å². The third-order valence-corrected chi connectivity index (χ3v) is 4.20. The Morgan fingerprint density at radius 1 is 0.824 bits per heavy atom. The van der Waals surface area contributed by atoms with Crippen LogP contribution in [0.4, 0.5) is 0 Å². The normalized spacial score (nSPS) is 24.4. The molecule has 0 saturated heterocycles. The van der Waals surface area contributed by atoms with Crippen LogP contribution in [0.3, 0.4) is 0 Å². The van der Waals surface area contributed by atoms with Crippen molar-refractivity contribution in [2.24, 2.45) is 0 Å². The van der Waals surface area contributed by atoms with Crippen molar-refractivity contribution in [1.29, 1.82) is 0 Å². The second-order valence-corrected chi connectivity index (χ2v) is 5.50. The fourth-order valence-corrected chi connectivity index (χ4v) is 3.33. The summed E-state index contributed by atoms with van der Waals surface area (Å²) >= 11 is 0. The van der Waals surface area contributed by atoms with Crippen LogP contribution in [0.15, 0.2) is 0 Å². The highest BCUT2D eigenvalue weighted by molar-refractivity contribution is 4.79. The zero-order valence-electron chi connectivity index (χ0n) is 10.9. The molecule has 0 radical (unpaired) electrons. The molecule has 2 rings (SSSR count). The Bertz CT molecular complexity index is 180. The van der Waals surface area contributed by atoms with Gasteiger partial charge in [-0.3, -0.25) is 4.84 Å². The molecule has 0 aromatic heterocycles. The lowest BCUT2D eigenvalue weighted by atomic mass is 9.90. The van der Waals surface area contributed by atoms with Crippen molar-refractivity contribution in [3.8, 4) is 0 Å². The quantitative estimate of drug-likeness (QED) is 0.751. The van der Waals surface area contributed by atoms with Crippen LogP contribution in [0.25, 0.3) is 0 Å². The van der Waals surface area contributed by atoms with Crippen molar-refractivity contribution in [3.05, 3.63) is 0 Å². The first-order valence-corrected chi connectivity index (χ1v) is 7.44. The Morgan fingerprint density at radius 2 is 1.29 bits per heavy atom. The van der Waals surface area contributed by atoms with Crippen molar-refractivity contribution in [2.45, 2.75) is 76.3 Å². The molecule has 0 atom stereocenters. The Hall–Kier alpha value is -0.120. The fraction of sp³-hybridized carbons (Fsp3) is 1.00. The van der Waals surface area contributed by atoms with Crippen LogP contribution in [0.2, 0.25) is 0 Å². The number of nitrogens with zero attached hydrogens (tertiary/aromatic N) is 1. The molecule has 0 amide bonds. The molecule has 3 heteroatoms. The van der Waals surface area contributed by atoms with Crippen LogP contribution in [0.1, 0.15) is 64.2 Å². The van der Waals surface area contributed by atoms with Gasteiger partial charge in [0.05, 0.1) is 13.2 Å². The maximum atomic E-state index is 8.96. The molecule has 2 aliphatic carbocycles. The monoisotopic (exact) mass is 241 g/mol. The van der Waals surface area contributed by atoms with Crippen molar-refractivity contribution in [3.63, 3.8) is 0 Å². The summed E-state index contributed by atoms with van der Waals surface area (Å²) in [6, 6.07) is 1.22. The lowest BCUT2D eigenvalue weighted by molar-refractivity contribution is -0.227. The minimum atomic E-state index is 0.135. The highest BCUT2D eigenvalue weighted by Gasteiger charge is 2.29. The predicted octanol–water partition coefficient (Wildman–Crippen LogP) is 2.88. The number of hydrogen-bond donors (Lipinski definition) is 1. The Morgan fingerprint density at radius 3 is 1.71 bits per heavy atom. The SMILES string of the molecule is OCCON(C1CCCCC1)C1CCCCC1. The Balaban J connectivity index is 1.90. The van der Waals surface area contributed by atoms with E-state index in [9.17, 15) is 0 Å². The van der Waals surface area contributed by atoms with Crippen LogP contribution in [0.5, 0.6) is 0 Å². The fourth-order valence-electron chi connectivity index (χ4n) is 3.33. The van der Waals surface area contributed by atoms with Gasteiger partial charge in [0, 0.05) is 12.1 Å². The standard InChI is InChI=1S/C14H27NO2/c16-11-12-17-15(13-7-3-1-4-8-13)14-9-5-2-6-10-14/h13-14,16H,1-12H2. The van der Waals surface area contributed by atoms with E-state index in [2.05, 4.69) is 5.06 Å². The van der Waals surface area contributed by atoms with Gasteiger partial charge in [-0.25, -0.2) is 0 Å². The zero-order valence-corrected chi connectivity index (χ0v) is 10.9. The smallest absolute Gasteiger partial charge is 0.0916 e. The van der Waals surface area contributed by atoms with E-state index in [1.54, 1.807) is 0 Å². The summed E-state index contributed by atoms with van der Waals surface area (Å²) in [5.74, 6) is 0. The van der Waals surface area contributed by atoms with Crippen molar-refractivity contribution in [1.82, 2.24) is 5.06 Å². The molecule has 2 saturated carbocycles. The number of aliphatic hydroxyl groups is 1.